The summed E-state index contributed by atoms with van der Waals surface area (Å²) in [5, 5.41) is 11.1. The monoisotopic (exact) mass is 491 g/mol. The number of Topliss-reactive ketones (excluding diaryl/α,β-unsaturated/α-hetero) is 1. The Morgan fingerprint density at radius 2 is 1.83 bits per heavy atom. The van der Waals surface area contributed by atoms with Crippen molar-refractivity contribution in [2.45, 2.75) is 19.3 Å². The van der Waals surface area contributed by atoms with Gasteiger partial charge in [-0.1, -0.05) is 6.07 Å². The van der Waals surface area contributed by atoms with Gasteiger partial charge in [-0.05, 0) is 49.4 Å². The molecule has 0 aliphatic carbocycles. The number of rotatable bonds is 5. The van der Waals surface area contributed by atoms with Crippen molar-refractivity contribution in [2.24, 2.45) is 0 Å². The van der Waals surface area contributed by atoms with Crippen LogP contribution in [0.4, 0.5) is 23.2 Å². The quantitative estimate of drug-likeness (QED) is 0.227. The van der Waals surface area contributed by atoms with Gasteiger partial charge in [0.1, 0.15) is 40.6 Å². The standard InChI is InChI=1S/C24H17F4NO6/c1-12-6-8-18(34-12)20-19(21(30)16-10-13(25)7-9-17(16)33-2)22(31)23(32)29(20)14-4-3-5-15(11-14)35-24(26,27)28/h3-11,20,30H,1-2H3/b21-19-. The van der Waals surface area contributed by atoms with Crippen molar-refractivity contribution in [3.05, 3.63) is 83.1 Å². The van der Waals surface area contributed by atoms with Gasteiger partial charge in [-0.15, -0.1) is 13.2 Å². The minimum Gasteiger partial charge on any atom is -0.507 e. The van der Waals surface area contributed by atoms with Gasteiger partial charge in [-0.25, -0.2) is 4.39 Å². The van der Waals surface area contributed by atoms with Gasteiger partial charge in [-0.3, -0.25) is 14.5 Å². The fourth-order valence-corrected chi connectivity index (χ4v) is 3.81. The lowest BCUT2D eigenvalue weighted by molar-refractivity contribution is -0.274. The molecule has 0 spiro atoms. The summed E-state index contributed by atoms with van der Waals surface area (Å²) in [4.78, 5) is 27.1. The van der Waals surface area contributed by atoms with Crippen LogP contribution in [-0.4, -0.2) is 30.3 Å². The molecular weight excluding hydrogens is 474 g/mol. The lowest BCUT2D eigenvalue weighted by atomic mass is 9.98. The average Bonchev–Trinajstić information content (AvgIpc) is 3.33. The Morgan fingerprint density at radius 3 is 2.46 bits per heavy atom. The average molecular weight is 491 g/mol. The van der Waals surface area contributed by atoms with Crippen LogP contribution in [0.3, 0.4) is 0 Å². The molecule has 1 aliphatic rings. The molecule has 0 radical (unpaired) electrons. The number of methoxy groups -OCH3 is 1. The van der Waals surface area contributed by atoms with Crippen molar-refractivity contribution in [3.8, 4) is 11.5 Å². The van der Waals surface area contributed by atoms with Crippen molar-refractivity contribution >= 4 is 23.1 Å². The fraction of sp³-hybridized carbons (Fsp3) is 0.167. The van der Waals surface area contributed by atoms with Gasteiger partial charge in [0, 0.05) is 11.8 Å². The largest absolute Gasteiger partial charge is 0.573 e. The number of aliphatic hydroxyl groups is 1. The van der Waals surface area contributed by atoms with Crippen LogP contribution in [0.5, 0.6) is 11.5 Å². The Balaban J connectivity index is 1.93. The van der Waals surface area contributed by atoms with Crippen LogP contribution in [-0.2, 0) is 9.59 Å². The molecule has 0 bridgehead atoms. The number of hydrogen-bond acceptors (Lipinski definition) is 6. The molecule has 1 atom stereocenters. The number of hydrogen-bond donors (Lipinski definition) is 1. The van der Waals surface area contributed by atoms with Crippen molar-refractivity contribution in [1.29, 1.82) is 0 Å². The van der Waals surface area contributed by atoms with Gasteiger partial charge in [-0.2, -0.15) is 0 Å². The van der Waals surface area contributed by atoms with E-state index in [0.717, 1.165) is 29.2 Å². The number of carbonyl (C=O) groups excluding carboxylic acids is 2. The Labute approximate surface area is 195 Å². The molecule has 35 heavy (non-hydrogen) atoms. The number of nitrogens with zero attached hydrogens (tertiary/aromatic N) is 1. The van der Waals surface area contributed by atoms with E-state index in [4.69, 9.17) is 9.15 Å². The number of ketones is 1. The number of amides is 1. The first-order valence-corrected chi connectivity index (χ1v) is 10.1. The third-order valence-electron chi connectivity index (χ3n) is 5.22. The predicted octanol–water partition coefficient (Wildman–Crippen LogP) is 5.26. The summed E-state index contributed by atoms with van der Waals surface area (Å²) in [5.41, 5.74) is -0.790. The molecular formula is C24H17F4NO6. The molecule has 1 amide bonds. The first-order valence-electron chi connectivity index (χ1n) is 10.1. The van der Waals surface area contributed by atoms with E-state index in [2.05, 4.69) is 4.74 Å². The molecule has 2 heterocycles. The zero-order valence-electron chi connectivity index (χ0n) is 18.2. The van der Waals surface area contributed by atoms with E-state index in [-0.39, 0.29) is 22.8 Å². The number of benzene rings is 2. The molecule has 1 N–H and O–H groups in total. The van der Waals surface area contributed by atoms with E-state index in [0.29, 0.717) is 5.76 Å². The van der Waals surface area contributed by atoms with Crippen molar-refractivity contribution in [2.75, 3.05) is 12.0 Å². The van der Waals surface area contributed by atoms with Crippen molar-refractivity contribution in [1.82, 2.24) is 0 Å². The molecule has 2 aromatic carbocycles. The number of halogens is 4. The van der Waals surface area contributed by atoms with Crippen LogP contribution >= 0.6 is 0 Å². The van der Waals surface area contributed by atoms with E-state index < -0.39 is 47.0 Å². The van der Waals surface area contributed by atoms with E-state index in [1.54, 1.807) is 13.0 Å². The smallest absolute Gasteiger partial charge is 0.507 e. The van der Waals surface area contributed by atoms with Crippen LogP contribution in [0.2, 0.25) is 0 Å². The van der Waals surface area contributed by atoms with E-state index in [9.17, 15) is 32.3 Å². The Morgan fingerprint density at radius 1 is 1.09 bits per heavy atom. The molecule has 1 aliphatic heterocycles. The van der Waals surface area contributed by atoms with E-state index in [1.165, 1.54) is 31.4 Å². The maximum atomic E-state index is 14.0. The van der Waals surface area contributed by atoms with Crippen LogP contribution < -0.4 is 14.4 Å². The molecule has 3 aromatic rings. The second-order valence-electron chi connectivity index (χ2n) is 7.51. The summed E-state index contributed by atoms with van der Waals surface area (Å²) in [6, 6.07) is 9.28. The summed E-state index contributed by atoms with van der Waals surface area (Å²) in [6.07, 6.45) is -4.99. The number of carbonyl (C=O) groups is 2. The van der Waals surface area contributed by atoms with Gasteiger partial charge >= 0.3 is 6.36 Å². The number of alkyl halides is 3. The molecule has 11 heteroatoms. The third kappa shape index (κ3) is 4.57. The van der Waals surface area contributed by atoms with E-state index >= 15 is 0 Å². The second-order valence-corrected chi connectivity index (χ2v) is 7.51. The molecule has 7 nitrogen and oxygen atoms in total. The first kappa shape index (κ1) is 23.9. The number of aryl methyl sites for hydroxylation is 1. The molecule has 1 aromatic heterocycles. The molecule has 1 fully saturated rings. The molecule has 4 rings (SSSR count). The summed E-state index contributed by atoms with van der Waals surface area (Å²) in [5.74, 6) is -3.96. The van der Waals surface area contributed by atoms with Gasteiger partial charge in [0.2, 0.25) is 0 Å². The zero-order valence-corrected chi connectivity index (χ0v) is 18.2. The number of anilines is 1. The van der Waals surface area contributed by atoms with Gasteiger partial charge in [0.25, 0.3) is 11.7 Å². The Bertz CT molecular complexity index is 1340. The number of aliphatic hydroxyl groups excluding tert-OH is 1. The van der Waals surface area contributed by atoms with Crippen LogP contribution in [0.25, 0.3) is 5.76 Å². The second kappa shape index (κ2) is 8.82. The maximum Gasteiger partial charge on any atom is 0.573 e. The highest BCUT2D eigenvalue weighted by molar-refractivity contribution is 6.51. The summed E-state index contributed by atoms with van der Waals surface area (Å²) >= 11 is 0. The normalized spacial score (nSPS) is 17.7. The van der Waals surface area contributed by atoms with Crippen LogP contribution in [0.1, 0.15) is 23.1 Å². The first-order chi connectivity index (χ1) is 16.5. The molecule has 182 valence electrons. The van der Waals surface area contributed by atoms with Crippen molar-refractivity contribution < 1.29 is 46.1 Å². The topological polar surface area (TPSA) is 89.2 Å². The Hall–Kier alpha value is -4.28. The molecule has 1 saturated heterocycles. The SMILES string of the molecule is COc1ccc(F)cc1/C(O)=C1/C(=O)C(=O)N(c2cccc(OC(F)(F)F)c2)C1c1ccc(C)o1. The lowest BCUT2D eigenvalue weighted by Gasteiger charge is -2.24. The van der Waals surface area contributed by atoms with Crippen molar-refractivity contribution in [3.63, 3.8) is 0 Å². The zero-order chi connectivity index (χ0) is 25.5. The van der Waals surface area contributed by atoms with Crippen LogP contribution in [0, 0.1) is 12.7 Å². The highest BCUT2D eigenvalue weighted by atomic mass is 19.4. The van der Waals surface area contributed by atoms with Gasteiger partial charge in [0.15, 0.2) is 0 Å². The van der Waals surface area contributed by atoms with Gasteiger partial charge < -0.3 is 19.0 Å². The Kier molecular flexibility index (Phi) is 6.01. The van der Waals surface area contributed by atoms with Gasteiger partial charge in [0.05, 0.1) is 18.2 Å². The highest BCUT2D eigenvalue weighted by Crippen LogP contribution is 2.44. The lowest BCUT2D eigenvalue weighted by Crippen LogP contribution is -2.29. The number of furan rings is 1. The summed E-state index contributed by atoms with van der Waals surface area (Å²) in [6.45, 7) is 1.60. The molecule has 1 unspecified atom stereocenters. The third-order valence-corrected chi connectivity index (χ3v) is 5.22. The predicted molar refractivity (Wildman–Crippen MR) is 114 cm³/mol. The summed E-state index contributed by atoms with van der Waals surface area (Å²) in [7, 11) is 1.27. The minimum absolute atomic E-state index is 0.0186. The van der Waals surface area contributed by atoms with E-state index in [1.807, 2.05) is 0 Å². The highest BCUT2D eigenvalue weighted by Gasteiger charge is 2.49. The number of ether oxygens (including phenoxy) is 2. The van der Waals surface area contributed by atoms with Crippen LogP contribution in [0.15, 0.2) is 64.6 Å². The minimum atomic E-state index is -4.99. The fourth-order valence-electron chi connectivity index (χ4n) is 3.81. The maximum absolute atomic E-state index is 14.0. The summed E-state index contributed by atoms with van der Waals surface area (Å²) < 4.78 is 66.9. The molecule has 0 saturated carbocycles.